The van der Waals surface area contributed by atoms with Gasteiger partial charge in [-0.3, -0.25) is 0 Å². The SMILES string of the molecule is N#Cc1cccc(S(=O)(=O)NCc2cnn(-c3ccccc3)c2)c1. The molecule has 0 unspecified atom stereocenters. The Kier molecular flexibility index (Phi) is 4.42. The fourth-order valence-corrected chi connectivity index (χ4v) is 3.23. The van der Waals surface area contributed by atoms with Gasteiger partial charge in [-0.1, -0.05) is 24.3 Å². The lowest BCUT2D eigenvalue weighted by Crippen LogP contribution is -2.23. The summed E-state index contributed by atoms with van der Waals surface area (Å²) in [6.07, 6.45) is 3.38. The Bertz CT molecular complexity index is 989. The van der Waals surface area contributed by atoms with Gasteiger partial charge in [-0.2, -0.15) is 10.4 Å². The van der Waals surface area contributed by atoms with Gasteiger partial charge in [-0.05, 0) is 30.3 Å². The van der Waals surface area contributed by atoms with Crippen molar-refractivity contribution >= 4 is 10.0 Å². The van der Waals surface area contributed by atoms with Gasteiger partial charge in [0.15, 0.2) is 0 Å². The molecule has 0 atom stereocenters. The molecule has 0 spiro atoms. The van der Waals surface area contributed by atoms with E-state index in [0.717, 1.165) is 11.3 Å². The van der Waals surface area contributed by atoms with Crippen LogP contribution in [0.3, 0.4) is 0 Å². The third kappa shape index (κ3) is 3.51. The highest BCUT2D eigenvalue weighted by molar-refractivity contribution is 7.89. The van der Waals surface area contributed by atoms with Crippen LogP contribution < -0.4 is 4.72 Å². The van der Waals surface area contributed by atoms with Gasteiger partial charge in [0.1, 0.15) is 0 Å². The smallest absolute Gasteiger partial charge is 0.240 e. The molecule has 3 aromatic rings. The molecular formula is C17H14N4O2S. The third-order valence-corrected chi connectivity index (χ3v) is 4.80. The van der Waals surface area contributed by atoms with E-state index in [1.54, 1.807) is 29.2 Å². The monoisotopic (exact) mass is 338 g/mol. The highest BCUT2D eigenvalue weighted by Gasteiger charge is 2.14. The number of nitrogens with zero attached hydrogens (tertiary/aromatic N) is 3. The van der Waals surface area contributed by atoms with Gasteiger partial charge in [0, 0.05) is 18.3 Å². The van der Waals surface area contributed by atoms with Crippen molar-refractivity contribution in [3.05, 3.63) is 78.1 Å². The average Bonchev–Trinajstić information content (AvgIpc) is 3.10. The Morgan fingerprint density at radius 1 is 1.12 bits per heavy atom. The molecule has 2 aromatic carbocycles. The maximum Gasteiger partial charge on any atom is 0.240 e. The van der Waals surface area contributed by atoms with Crippen LogP contribution in [0.25, 0.3) is 5.69 Å². The molecule has 0 aliphatic rings. The predicted octanol–water partition coefficient (Wildman–Crippen LogP) is 2.22. The van der Waals surface area contributed by atoms with Crippen molar-refractivity contribution in [2.45, 2.75) is 11.4 Å². The first-order valence-electron chi connectivity index (χ1n) is 7.17. The van der Waals surface area contributed by atoms with Crippen LogP contribution in [0.1, 0.15) is 11.1 Å². The van der Waals surface area contributed by atoms with Gasteiger partial charge in [-0.25, -0.2) is 17.8 Å². The Morgan fingerprint density at radius 2 is 1.92 bits per heavy atom. The van der Waals surface area contributed by atoms with Crippen LogP contribution in [0.5, 0.6) is 0 Å². The molecule has 0 radical (unpaired) electrons. The van der Waals surface area contributed by atoms with Crippen molar-refractivity contribution in [1.29, 1.82) is 5.26 Å². The normalized spacial score (nSPS) is 11.1. The first-order chi connectivity index (χ1) is 11.6. The molecule has 0 fully saturated rings. The minimum atomic E-state index is -3.68. The number of aromatic nitrogens is 2. The van der Waals surface area contributed by atoms with Crippen LogP contribution in [0.2, 0.25) is 0 Å². The van der Waals surface area contributed by atoms with Gasteiger partial charge in [0.05, 0.1) is 28.4 Å². The van der Waals surface area contributed by atoms with Gasteiger partial charge >= 0.3 is 0 Å². The molecular weight excluding hydrogens is 324 g/mol. The number of nitriles is 1. The Labute approximate surface area is 140 Å². The lowest BCUT2D eigenvalue weighted by molar-refractivity contribution is 0.581. The largest absolute Gasteiger partial charge is 0.241 e. The van der Waals surface area contributed by atoms with Gasteiger partial charge in [-0.15, -0.1) is 0 Å². The summed E-state index contributed by atoms with van der Waals surface area (Å²) < 4.78 is 28.8. The fraction of sp³-hybridized carbons (Fsp3) is 0.0588. The second-order valence-electron chi connectivity index (χ2n) is 5.09. The fourth-order valence-electron chi connectivity index (χ4n) is 2.17. The van der Waals surface area contributed by atoms with Crippen LogP contribution in [0.4, 0.5) is 0 Å². The van der Waals surface area contributed by atoms with E-state index in [-0.39, 0.29) is 11.4 Å². The number of para-hydroxylation sites is 1. The van der Waals surface area contributed by atoms with Crippen molar-refractivity contribution in [2.75, 3.05) is 0 Å². The summed E-state index contributed by atoms with van der Waals surface area (Å²) in [5.74, 6) is 0. The minimum absolute atomic E-state index is 0.0667. The summed E-state index contributed by atoms with van der Waals surface area (Å²) in [7, 11) is -3.68. The summed E-state index contributed by atoms with van der Waals surface area (Å²) in [6.45, 7) is 0.117. The molecule has 0 saturated carbocycles. The highest BCUT2D eigenvalue weighted by atomic mass is 32.2. The van der Waals surface area contributed by atoms with Gasteiger partial charge in [0.2, 0.25) is 10.0 Å². The van der Waals surface area contributed by atoms with E-state index in [1.807, 2.05) is 36.4 Å². The first kappa shape index (κ1) is 15.9. The van der Waals surface area contributed by atoms with Crippen LogP contribution in [0, 0.1) is 11.3 Å². The maximum absolute atomic E-state index is 12.3. The summed E-state index contributed by atoms with van der Waals surface area (Å²) >= 11 is 0. The zero-order valence-corrected chi connectivity index (χ0v) is 13.4. The van der Waals surface area contributed by atoms with E-state index < -0.39 is 10.0 Å². The average molecular weight is 338 g/mol. The second kappa shape index (κ2) is 6.66. The highest BCUT2D eigenvalue weighted by Crippen LogP contribution is 2.12. The van der Waals surface area contributed by atoms with E-state index in [4.69, 9.17) is 5.26 Å². The molecule has 0 aliphatic carbocycles. The van der Waals surface area contributed by atoms with E-state index >= 15 is 0 Å². The number of sulfonamides is 1. The van der Waals surface area contributed by atoms with Crippen molar-refractivity contribution < 1.29 is 8.42 Å². The minimum Gasteiger partial charge on any atom is -0.241 e. The van der Waals surface area contributed by atoms with E-state index in [1.165, 1.54) is 12.1 Å². The topological polar surface area (TPSA) is 87.8 Å². The summed E-state index contributed by atoms with van der Waals surface area (Å²) in [4.78, 5) is 0.0667. The third-order valence-electron chi connectivity index (χ3n) is 3.40. The van der Waals surface area contributed by atoms with E-state index in [0.29, 0.717) is 5.56 Å². The quantitative estimate of drug-likeness (QED) is 0.772. The molecule has 0 aliphatic heterocycles. The van der Waals surface area contributed by atoms with E-state index in [2.05, 4.69) is 9.82 Å². The Balaban J connectivity index is 1.74. The summed E-state index contributed by atoms with van der Waals surface area (Å²) in [5.41, 5.74) is 1.93. The molecule has 1 heterocycles. The zero-order chi connectivity index (χ0) is 17.0. The molecule has 24 heavy (non-hydrogen) atoms. The number of hydrogen-bond acceptors (Lipinski definition) is 4. The summed E-state index contributed by atoms with van der Waals surface area (Å²) in [6, 6.07) is 17.4. The van der Waals surface area contributed by atoms with Crippen molar-refractivity contribution in [2.24, 2.45) is 0 Å². The van der Waals surface area contributed by atoms with Crippen LogP contribution in [-0.2, 0) is 16.6 Å². The maximum atomic E-state index is 12.3. The Hall–Kier alpha value is -2.95. The molecule has 1 aromatic heterocycles. The van der Waals surface area contributed by atoms with Gasteiger partial charge in [0.25, 0.3) is 0 Å². The molecule has 6 nitrogen and oxygen atoms in total. The predicted molar refractivity (Wildman–Crippen MR) is 88.7 cm³/mol. The van der Waals surface area contributed by atoms with Crippen LogP contribution in [0.15, 0.2) is 71.9 Å². The standard InChI is InChI=1S/C17H14N4O2S/c18-10-14-5-4-8-17(9-14)24(22,23)20-12-15-11-19-21(13-15)16-6-2-1-3-7-16/h1-9,11,13,20H,12H2. The number of benzene rings is 2. The molecule has 120 valence electrons. The number of nitrogens with one attached hydrogen (secondary N) is 1. The Morgan fingerprint density at radius 3 is 2.67 bits per heavy atom. The van der Waals surface area contributed by atoms with Crippen molar-refractivity contribution in [1.82, 2.24) is 14.5 Å². The van der Waals surface area contributed by atoms with Crippen LogP contribution >= 0.6 is 0 Å². The van der Waals surface area contributed by atoms with Gasteiger partial charge < -0.3 is 0 Å². The number of hydrogen-bond donors (Lipinski definition) is 1. The molecule has 3 rings (SSSR count). The molecule has 0 bridgehead atoms. The van der Waals surface area contributed by atoms with Crippen molar-refractivity contribution in [3.63, 3.8) is 0 Å². The van der Waals surface area contributed by atoms with E-state index in [9.17, 15) is 8.42 Å². The summed E-state index contributed by atoms with van der Waals surface area (Å²) in [5, 5.41) is 13.1. The number of rotatable bonds is 5. The molecule has 0 amide bonds. The van der Waals surface area contributed by atoms with Crippen LogP contribution in [-0.4, -0.2) is 18.2 Å². The lowest BCUT2D eigenvalue weighted by atomic mass is 10.2. The first-order valence-corrected chi connectivity index (χ1v) is 8.65. The lowest BCUT2D eigenvalue weighted by Gasteiger charge is -2.05. The molecule has 7 heteroatoms. The zero-order valence-electron chi connectivity index (χ0n) is 12.6. The van der Waals surface area contributed by atoms with Crippen molar-refractivity contribution in [3.8, 4) is 11.8 Å². The molecule has 0 saturated heterocycles. The molecule has 1 N–H and O–H groups in total. The second-order valence-corrected chi connectivity index (χ2v) is 6.86.